The molecule has 0 amide bonds. The number of benzene rings is 1. The summed E-state index contributed by atoms with van der Waals surface area (Å²) in [5, 5.41) is 21.5. The number of nitrogens with one attached hydrogen (secondary N) is 2. The quantitative estimate of drug-likeness (QED) is 0.450. The first-order valence-electron chi connectivity index (χ1n) is 10.3. The Kier molecular flexibility index (Phi) is 5.06. The van der Waals surface area contributed by atoms with Crippen LogP contribution in [0.2, 0.25) is 0 Å². The Labute approximate surface area is 173 Å². The van der Waals surface area contributed by atoms with Crippen LogP contribution in [-0.4, -0.2) is 60.4 Å². The Morgan fingerprint density at radius 2 is 2.13 bits per heavy atom. The lowest BCUT2D eigenvalue weighted by molar-refractivity contribution is 0.00719. The number of H-pyrrole nitrogens is 1. The van der Waals surface area contributed by atoms with E-state index >= 15 is 0 Å². The predicted octanol–water partition coefficient (Wildman–Crippen LogP) is 2.64. The molecule has 0 radical (unpaired) electrons. The number of fused-ring (bicyclic) bond motifs is 2. The first-order chi connectivity index (χ1) is 14.7. The summed E-state index contributed by atoms with van der Waals surface area (Å²) in [6, 6.07) is 6.45. The average molecular weight is 407 g/mol. The number of aryl methyl sites for hydroxylation is 1. The number of nitrogens with zero attached hydrogens (tertiary/aromatic N) is 5. The van der Waals surface area contributed by atoms with Crippen LogP contribution < -0.4 is 5.32 Å². The molecule has 1 saturated carbocycles. The number of aliphatic hydroxyl groups excluding tert-OH is 1. The molecular formula is C21H25N7O2. The van der Waals surface area contributed by atoms with Crippen LogP contribution in [0.1, 0.15) is 25.7 Å². The van der Waals surface area contributed by atoms with Gasteiger partial charge in [0.1, 0.15) is 11.2 Å². The molecule has 1 aliphatic carbocycles. The molecule has 4 aromatic rings. The molecule has 0 aliphatic heterocycles. The molecule has 5 rings (SSSR count). The fourth-order valence-electron chi connectivity index (χ4n) is 4.19. The Morgan fingerprint density at radius 1 is 1.27 bits per heavy atom. The molecule has 0 atom stereocenters. The lowest BCUT2D eigenvalue weighted by Gasteiger charge is -2.28. The van der Waals surface area contributed by atoms with Gasteiger partial charge in [-0.15, -0.1) is 5.10 Å². The Hall–Kier alpha value is -3.04. The van der Waals surface area contributed by atoms with E-state index in [-0.39, 0.29) is 12.7 Å². The third-order valence-corrected chi connectivity index (χ3v) is 5.81. The number of hydrogen-bond donors (Lipinski definition) is 3. The Bertz CT molecular complexity index is 1160. The van der Waals surface area contributed by atoms with Crippen LogP contribution in [0.4, 0.5) is 5.95 Å². The van der Waals surface area contributed by atoms with E-state index in [4.69, 9.17) is 9.84 Å². The van der Waals surface area contributed by atoms with Gasteiger partial charge >= 0.3 is 0 Å². The smallest absolute Gasteiger partial charge is 0.224 e. The monoisotopic (exact) mass is 407 g/mol. The van der Waals surface area contributed by atoms with E-state index in [1.165, 1.54) is 0 Å². The molecular weight excluding hydrogens is 382 g/mol. The van der Waals surface area contributed by atoms with Gasteiger partial charge in [0.15, 0.2) is 0 Å². The third-order valence-electron chi connectivity index (χ3n) is 5.81. The highest BCUT2D eigenvalue weighted by atomic mass is 16.5. The van der Waals surface area contributed by atoms with Crippen molar-refractivity contribution in [1.82, 2.24) is 29.9 Å². The molecule has 0 bridgehead atoms. The van der Waals surface area contributed by atoms with Gasteiger partial charge in [-0.2, -0.15) is 4.98 Å². The van der Waals surface area contributed by atoms with Crippen LogP contribution in [0.25, 0.3) is 33.2 Å². The van der Waals surface area contributed by atoms with Crippen molar-refractivity contribution in [3.8, 4) is 11.1 Å². The number of rotatable bonds is 6. The summed E-state index contributed by atoms with van der Waals surface area (Å²) in [6.45, 7) is 0.499. The molecule has 9 nitrogen and oxygen atoms in total. The van der Waals surface area contributed by atoms with Gasteiger partial charge in [-0.1, -0.05) is 11.3 Å². The Morgan fingerprint density at radius 3 is 2.97 bits per heavy atom. The van der Waals surface area contributed by atoms with E-state index in [1.54, 1.807) is 4.68 Å². The minimum absolute atomic E-state index is 0.0803. The first-order valence-corrected chi connectivity index (χ1v) is 10.3. The topological polar surface area (TPSA) is 114 Å². The van der Waals surface area contributed by atoms with Crippen molar-refractivity contribution in [3.05, 3.63) is 30.6 Å². The molecule has 1 fully saturated rings. The van der Waals surface area contributed by atoms with Gasteiger partial charge in [-0.25, -0.2) is 9.67 Å². The molecule has 0 unspecified atom stereocenters. The largest absolute Gasteiger partial charge is 0.394 e. The third kappa shape index (κ3) is 3.61. The van der Waals surface area contributed by atoms with Gasteiger partial charge in [0, 0.05) is 36.4 Å². The fraction of sp³-hybridized carbons (Fsp3) is 0.429. The van der Waals surface area contributed by atoms with E-state index in [2.05, 4.69) is 36.6 Å². The number of aromatic nitrogens is 6. The molecule has 156 valence electrons. The van der Waals surface area contributed by atoms with Gasteiger partial charge < -0.3 is 20.1 Å². The molecule has 1 aliphatic rings. The molecule has 0 spiro atoms. The van der Waals surface area contributed by atoms with Gasteiger partial charge in [0.25, 0.3) is 0 Å². The van der Waals surface area contributed by atoms with Gasteiger partial charge in [0.2, 0.25) is 5.95 Å². The summed E-state index contributed by atoms with van der Waals surface area (Å²) in [6.07, 6.45) is 8.07. The van der Waals surface area contributed by atoms with Crippen LogP contribution in [0.3, 0.4) is 0 Å². The number of hydrogen-bond acceptors (Lipinski definition) is 7. The van der Waals surface area contributed by atoms with Crippen molar-refractivity contribution >= 4 is 28.0 Å². The van der Waals surface area contributed by atoms with E-state index in [0.717, 1.165) is 58.9 Å². The lowest BCUT2D eigenvalue weighted by atomic mass is 9.93. The summed E-state index contributed by atoms with van der Waals surface area (Å²) in [5.74, 6) is 0.641. The van der Waals surface area contributed by atoms with Crippen LogP contribution in [0.5, 0.6) is 0 Å². The maximum Gasteiger partial charge on any atom is 0.224 e. The van der Waals surface area contributed by atoms with Crippen LogP contribution in [-0.2, 0) is 11.8 Å². The van der Waals surface area contributed by atoms with Crippen molar-refractivity contribution in [1.29, 1.82) is 0 Å². The summed E-state index contributed by atoms with van der Waals surface area (Å²) < 4.78 is 7.41. The second-order valence-corrected chi connectivity index (χ2v) is 7.79. The second-order valence-electron chi connectivity index (χ2n) is 7.79. The lowest BCUT2D eigenvalue weighted by Crippen LogP contribution is -2.30. The molecule has 3 aromatic heterocycles. The maximum absolute atomic E-state index is 8.89. The van der Waals surface area contributed by atoms with Crippen molar-refractivity contribution in [2.45, 2.75) is 37.8 Å². The van der Waals surface area contributed by atoms with Crippen LogP contribution >= 0.6 is 0 Å². The average Bonchev–Trinajstić information content (AvgIpc) is 3.36. The van der Waals surface area contributed by atoms with Gasteiger partial charge in [0.05, 0.1) is 24.8 Å². The minimum atomic E-state index is 0.0803. The molecule has 30 heavy (non-hydrogen) atoms. The molecule has 9 heteroatoms. The first kappa shape index (κ1) is 19.0. The maximum atomic E-state index is 8.89. The van der Waals surface area contributed by atoms with Crippen molar-refractivity contribution < 1.29 is 9.84 Å². The standard InChI is InChI=1S/C21H25N7O2/c1-28-19-10-13(2-7-18(19)26-27-28)16-11-22-20-17(16)12-23-21(25-20)24-14-3-5-15(6-4-14)30-9-8-29/h2,7,10-12,14-15,29H,3-6,8-9H2,1H3,(H2,22,23,24,25)/t14-,15-. The fourth-order valence-corrected chi connectivity index (χ4v) is 4.19. The van der Waals surface area contributed by atoms with E-state index in [9.17, 15) is 0 Å². The number of aromatic amines is 1. The highest BCUT2D eigenvalue weighted by Crippen LogP contribution is 2.30. The number of aliphatic hydroxyl groups is 1. The molecule has 3 N–H and O–H groups in total. The minimum Gasteiger partial charge on any atom is -0.394 e. The van der Waals surface area contributed by atoms with E-state index < -0.39 is 0 Å². The molecule has 3 heterocycles. The zero-order valence-corrected chi connectivity index (χ0v) is 16.9. The SMILES string of the molecule is Cn1nnc2ccc(-c3c[nH]c4nc(N[C@H]5CC[C@H](OCCO)CC5)ncc34)cc21. The van der Waals surface area contributed by atoms with Crippen molar-refractivity contribution in [3.63, 3.8) is 0 Å². The van der Waals surface area contributed by atoms with Crippen LogP contribution in [0.15, 0.2) is 30.6 Å². The van der Waals surface area contributed by atoms with E-state index in [0.29, 0.717) is 18.6 Å². The highest BCUT2D eigenvalue weighted by Gasteiger charge is 2.22. The summed E-state index contributed by atoms with van der Waals surface area (Å²) in [5.41, 5.74) is 4.80. The number of anilines is 1. The molecule has 1 aromatic carbocycles. The van der Waals surface area contributed by atoms with Crippen LogP contribution in [0, 0.1) is 0 Å². The summed E-state index contributed by atoms with van der Waals surface area (Å²) in [4.78, 5) is 12.5. The predicted molar refractivity (Wildman–Crippen MR) is 114 cm³/mol. The van der Waals surface area contributed by atoms with Crippen molar-refractivity contribution in [2.75, 3.05) is 18.5 Å². The second kappa shape index (κ2) is 8.00. The Balaban J connectivity index is 1.32. The summed E-state index contributed by atoms with van der Waals surface area (Å²) in [7, 11) is 1.89. The van der Waals surface area contributed by atoms with Crippen molar-refractivity contribution in [2.24, 2.45) is 7.05 Å². The zero-order valence-electron chi connectivity index (χ0n) is 16.9. The van der Waals surface area contributed by atoms with Gasteiger partial charge in [-0.05, 0) is 43.4 Å². The van der Waals surface area contributed by atoms with Gasteiger partial charge in [-0.3, -0.25) is 0 Å². The molecule has 0 saturated heterocycles. The summed E-state index contributed by atoms with van der Waals surface area (Å²) >= 11 is 0. The number of ether oxygens (including phenoxy) is 1. The highest BCUT2D eigenvalue weighted by molar-refractivity contribution is 5.95. The van der Waals surface area contributed by atoms with E-state index in [1.807, 2.05) is 31.6 Å². The zero-order chi connectivity index (χ0) is 20.5. The normalized spacial score (nSPS) is 19.5.